The largest absolute Gasteiger partial charge is 0.352 e. The maximum atomic E-state index is 14.7. The Morgan fingerprint density at radius 3 is 2.78 bits per heavy atom. The zero-order chi connectivity index (χ0) is 25.7. The Labute approximate surface area is 211 Å². The van der Waals surface area contributed by atoms with Crippen LogP contribution >= 0.6 is 0 Å². The van der Waals surface area contributed by atoms with Gasteiger partial charge in [0, 0.05) is 43.7 Å². The van der Waals surface area contributed by atoms with E-state index in [-0.39, 0.29) is 11.6 Å². The standard InChI is InChI=1S/C26H23F2N9/c1-30-21-14-36(9-7-18(21)27)25-26-32-23(15-3-4-17(13-29)19(28)11-15)24(37(26)10-8-31-25)16-5-6-22-20(12-16)33-34-35(22)2/h3-6,8,10-12,18,21,30H,7,9,14H2,1-2H3/t18-,21+/m1/s1. The van der Waals surface area contributed by atoms with Gasteiger partial charge in [0.05, 0.1) is 28.5 Å². The first kappa shape index (κ1) is 23.0. The third-order valence-electron chi connectivity index (χ3n) is 6.97. The number of nitrogens with one attached hydrogen (secondary N) is 1. The van der Waals surface area contributed by atoms with Crippen LogP contribution in [0.25, 0.3) is 39.2 Å². The Hall–Kier alpha value is -4.43. The number of piperidine rings is 1. The van der Waals surface area contributed by atoms with E-state index in [0.717, 1.165) is 16.8 Å². The van der Waals surface area contributed by atoms with Gasteiger partial charge < -0.3 is 10.2 Å². The molecule has 37 heavy (non-hydrogen) atoms. The summed E-state index contributed by atoms with van der Waals surface area (Å²) >= 11 is 0. The number of halogens is 2. The number of hydrogen-bond acceptors (Lipinski definition) is 7. The summed E-state index contributed by atoms with van der Waals surface area (Å²) < 4.78 is 32.7. The van der Waals surface area contributed by atoms with Crippen molar-refractivity contribution in [3.05, 3.63) is 60.2 Å². The van der Waals surface area contributed by atoms with Crippen LogP contribution in [0.4, 0.5) is 14.6 Å². The zero-order valence-electron chi connectivity index (χ0n) is 20.2. The third-order valence-corrected chi connectivity index (χ3v) is 6.97. The normalized spacial score (nSPS) is 18.0. The molecule has 2 aromatic carbocycles. The fourth-order valence-electron chi connectivity index (χ4n) is 4.99. The summed E-state index contributed by atoms with van der Waals surface area (Å²) in [6.45, 7) is 0.944. The first-order valence-electron chi connectivity index (χ1n) is 11.9. The molecule has 1 N–H and O–H groups in total. The van der Waals surface area contributed by atoms with Gasteiger partial charge in [0.2, 0.25) is 0 Å². The van der Waals surface area contributed by atoms with Gasteiger partial charge in [-0.3, -0.25) is 4.40 Å². The van der Waals surface area contributed by atoms with Crippen molar-refractivity contribution in [3.63, 3.8) is 0 Å². The van der Waals surface area contributed by atoms with E-state index in [4.69, 9.17) is 4.98 Å². The van der Waals surface area contributed by atoms with Gasteiger partial charge in [0.25, 0.3) is 0 Å². The summed E-state index contributed by atoms with van der Waals surface area (Å²) in [5.41, 5.74) is 4.71. The maximum Gasteiger partial charge on any atom is 0.181 e. The Balaban J connectivity index is 1.58. The first-order chi connectivity index (χ1) is 18.0. The number of aromatic nitrogens is 6. The van der Waals surface area contributed by atoms with Crippen LogP contribution in [0.5, 0.6) is 0 Å². The summed E-state index contributed by atoms with van der Waals surface area (Å²) in [5, 5.41) is 20.6. The van der Waals surface area contributed by atoms with Crippen molar-refractivity contribution < 1.29 is 8.78 Å². The van der Waals surface area contributed by atoms with Crippen LogP contribution in [0.2, 0.25) is 0 Å². The number of aryl methyl sites for hydroxylation is 1. The van der Waals surface area contributed by atoms with E-state index in [1.165, 1.54) is 12.1 Å². The minimum absolute atomic E-state index is 0.0374. The smallest absolute Gasteiger partial charge is 0.181 e. The van der Waals surface area contributed by atoms with Crippen LogP contribution in [0.3, 0.4) is 0 Å². The molecular weight excluding hydrogens is 476 g/mol. The van der Waals surface area contributed by atoms with E-state index in [0.29, 0.717) is 47.7 Å². The molecule has 4 heterocycles. The lowest BCUT2D eigenvalue weighted by Crippen LogP contribution is -2.51. The van der Waals surface area contributed by atoms with Crippen molar-refractivity contribution in [2.75, 3.05) is 25.0 Å². The zero-order valence-corrected chi connectivity index (χ0v) is 20.2. The van der Waals surface area contributed by atoms with Crippen LogP contribution in [-0.4, -0.2) is 61.7 Å². The number of alkyl halides is 1. The van der Waals surface area contributed by atoms with Gasteiger partial charge in [0.15, 0.2) is 11.5 Å². The molecule has 0 amide bonds. The average Bonchev–Trinajstić information content (AvgIpc) is 3.49. The molecule has 0 radical (unpaired) electrons. The van der Waals surface area contributed by atoms with Crippen molar-refractivity contribution in [1.82, 2.24) is 34.7 Å². The Morgan fingerprint density at radius 2 is 2.00 bits per heavy atom. The molecular formula is C26H23F2N9. The Kier molecular flexibility index (Phi) is 5.53. The molecule has 1 fully saturated rings. The monoisotopic (exact) mass is 499 g/mol. The highest BCUT2D eigenvalue weighted by Gasteiger charge is 2.31. The van der Waals surface area contributed by atoms with E-state index in [1.807, 2.05) is 46.8 Å². The van der Waals surface area contributed by atoms with Crippen LogP contribution in [0.1, 0.15) is 12.0 Å². The van der Waals surface area contributed by atoms with E-state index in [9.17, 15) is 14.0 Å². The van der Waals surface area contributed by atoms with Crippen molar-refractivity contribution >= 4 is 22.5 Å². The molecule has 0 saturated carbocycles. The van der Waals surface area contributed by atoms with E-state index < -0.39 is 12.0 Å². The van der Waals surface area contributed by atoms with Gasteiger partial charge in [0.1, 0.15) is 23.6 Å². The first-order valence-corrected chi connectivity index (χ1v) is 11.9. The summed E-state index contributed by atoms with van der Waals surface area (Å²) in [6.07, 6.45) is 2.93. The minimum atomic E-state index is -0.938. The molecule has 1 aliphatic heterocycles. The molecule has 6 rings (SSSR count). The highest BCUT2D eigenvalue weighted by molar-refractivity contribution is 5.89. The lowest BCUT2D eigenvalue weighted by Gasteiger charge is -2.35. The molecule has 1 saturated heterocycles. The number of rotatable bonds is 4. The van der Waals surface area contributed by atoms with Crippen LogP contribution in [0.15, 0.2) is 48.8 Å². The molecule has 0 spiro atoms. The second-order valence-electron chi connectivity index (χ2n) is 9.12. The van der Waals surface area contributed by atoms with E-state index in [2.05, 4.69) is 20.6 Å². The van der Waals surface area contributed by atoms with Crippen LogP contribution in [0, 0.1) is 17.1 Å². The number of likely N-dealkylation sites (N-methyl/N-ethyl adjacent to an activating group) is 1. The van der Waals surface area contributed by atoms with Gasteiger partial charge in [-0.1, -0.05) is 17.3 Å². The number of fused-ring (bicyclic) bond motifs is 2. The molecule has 9 nitrogen and oxygen atoms in total. The number of benzene rings is 2. The predicted molar refractivity (Wildman–Crippen MR) is 135 cm³/mol. The second kappa shape index (κ2) is 8.90. The summed E-state index contributed by atoms with van der Waals surface area (Å²) in [4.78, 5) is 11.6. The summed E-state index contributed by atoms with van der Waals surface area (Å²) in [6, 6.07) is 11.8. The number of anilines is 1. The highest BCUT2D eigenvalue weighted by atomic mass is 19.1. The average molecular weight is 500 g/mol. The Bertz CT molecular complexity index is 1680. The number of imidazole rings is 1. The predicted octanol–water partition coefficient (Wildman–Crippen LogP) is 3.49. The quantitative estimate of drug-likeness (QED) is 0.404. The topological polar surface area (TPSA) is 100.0 Å². The molecule has 1 aliphatic rings. The van der Waals surface area contributed by atoms with Crippen molar-refractivity contribution in [3.8, 4) is 28.6 Å². The summed E-state index contributed by atoms with van der Waals surface area (Å²) in [7, 11) is 3.58. The van der Waals surface area contributed by atoms with Gasteiger partial charge >= 0.3 is 0 Å². The molecule has 0 unspecified atom stereocenters. The van der Waals surface area contributed by atoms with Crippen molar-refractivity contribution in [2.45, 2.75) is 18.6 Å². The lowest BCUT2D eigenvalue weighted by atomic mass is 10.0. The number of hydrogen-bond donors (Lipinski definition) is 1. The van der Waals surface area contributed by atoms with Gasteiger partial charge in [-0.05, 0) is 37.7 Å². The molecule has 5 aromatic rings. The van der Waals surface area contributed by atoms with E-state index >= 15 is 0 Å². The number of nitriles is 1. The Morgan fingerprint density at radius 1 is 1.16 bits per heavy atom. The summed E-state index contributed by atoms with van der Waals surface area (Å²) in [5.74, 6) is 0.00413. The van der Waals surface area contributed by atoms with Crippen LogP contribution < -0.4 is 10.2 Å². The third kappa shape index (κ3) is 3.77. The van der Waals surface area contributed by atoms with Crippen molar-refractivity contribution in [1.29, 1.82) is 5.26 Å². The lowest BCUT2D eigenvalue weighted by molar-refractivity contribution is 0.222. The molecule has 0 aliphatic carbocycles. The van der Waals surface area contributed by atoms with E-state index in [1.54, 1.807) is 24.0 Å². The fraction of sp³-hybridized carbons (Fsp3) is 0.269. The molecule has 0 bridgehead atoms. The SMILES string of the molecule is CN[C@H]1CN(c2nccn3c(-c4ccc5c(c4)nnn5C)c(-c4ccc(C#N)c(F)c4)nc23)CC[C@H]1F. The van der Waals surface area contributed by atoms with Gasteiger partial charge in [-0.2, -0.15) is 5.26 Å². The number of nitrogens with zero attached hydrogens (tertiary/aromatic N) is 8. The second-order valence-corrected chi connectivity index (χ2v) is 9.12. The minimum Gasteiger partial charge on any atom is -0.352 e. The molecule has 3 aromatic heterocycles. The van der Waals surface area contributed by atoms with Gasteiger partial charge in [-0.25, -0.2) is 23.4 Å². The highest BCUT2D eigenvalue weighted by Crippen LogP contribution is 2.37. The van der Waals surface area contributed by atoms with Crippen LogP contribution in [-0.2, 0) is 7.05 Å². The molecule has 2 atom stereocenters. The molecule has 186 valence electrons. The molecule has 11 heteroatoms. The fourth-order valence-corrected chi connectivity index (χ4v) is 4.99. The van der Waals surface area contributed by atoms with Gasteiger partial charge in [-0.15, -0.1) is 5.10 Å². The van der Waals surface area contributed by atoms with Crippen molar-refractivity contribution in [2.24, 2.45) is 7.05 Å². The maximum absolute atomic E-state index is 14.7.